The molecule has 0 unspecified atom stereocenters. The molecule has 0 aliphatic rings. The van der Waals surface area contributed by atoms with E-state index in [0.29, 0.717) is 5.56 Å². The van der Waals surface area contributed by atoms with Crippen LogP contribution in [0, 0.1) is 14.9 Å². The number of nitriles is 1. The predicted octanol–water partition coefficient (Wildman–Crippen LogP) is 2.36. The van der Waals surface area contributed by atoms with E-state index in [1.54, 1.807) is 18.3 Å². The molecule has 1 heterocycles. The monoisotopic (exact) mass is 385 g/mol. The van der Waals surface area contributed by atoms with Gasteiger partial charge in [0.25, 0.3) is 10.0 Å². The summed E-state index contributed by atoms with van der Waals surface area (Å²) in [4.78, 5) is 4.06. The zero-order valence-electron chi connectivity index (χ0n) is 9.54. The molecule has 1 aromatic carbocycles. The summed E-state index contributed by atoms with van der Waals surface area (Å²) in [6.07, 6.45) is 1.57. The van der Waals surface area contributed by atoms with Gasteiger partial charge in [-0.2, -0.15) is 5.26 Å². The van der Waals surface area contributed by atoms with Crippen molar-refractivity contribution in [2.75, 3.05) is 4.72 Å². The zero-order chi connectivity index (χ0) is 13.9. The summed E-state index contributed by atoms with van der Waals surface area (Å²) >= 11 is 2.08. The smallest absolute Gasteiger partial charge is 0.263 e. The molecule has 1 aromatic heterocycles. The highest BCUT2D eigenvalue weighted by Gasteiger charge is 2.14. The Hall–Kier alpha value is -1.66. The van der Waals surface area contributed by atoms with Crippen LogP contribution < -0.4 is 4.72 Å². The van der Waals surface area contributed by atoms with E-state index in [2.05, 4.69) is 32.3 Å². The number of nitrogens with zero attached hydrogens (tertiary/aromatic N) is 2. The molecule has 0 saturated carbocycles. The molecule has 0 atom stereocenters. The number of hydrogen-bond donors (Lipinski definition) is 1. The fourth-order valence-electron chi connectivity index (χ4n) is 1.34. The van der Waals surface area contributed by atoms with Crippen LogP contribution in [-0.2, 0) is 10.0 Å². The van der Waals surface area contributed by atoms with Gasteiger partial charge in [-0.25, -0.2) is 13.4 Å². The van der Waals surface area contributed by atoms with Gasteiger partial charge in [-0.1, -0.05) is 0 Å². The second kappa shape index (κ2) is 5.54. The molecule has 5 nitrogen and oxygen atoms in total. The van der Waals surface area contributed by atoms with Crippen molar-refractivity contribution in [2.45, 2.75) is 4.90 Å². The van der Waals surface area contributed by atoms with Crippen LogP contribution in [0.4, 0.5) is 5.82 Å². The van der Waals surface area contributed by atoms with Crippen molar-refractivity contribution in [2.24, 2.45) is 0 Å². The van der Waals surface area contributed by atoms with Crippen LogP contribution in [0.2, 0.25) is 0 Å². The van der Waals surface area contributed by atoms with Crippen LogP contribution in [0.15, 0.2) is 47.5 Å². The summed E-state index contributed by atoms with van der Waals surface area (Å²) in [6.45, 7) is 0. The van der Waals surface area contributed by atoms with Gasteiger partial charge >= 0.3 is 0 Å². The van der Waals surface area contributed by atoms with Gasteiger partial charge in [0.15, 0.2) is 0 Å². The first kappa shape index (κ1) is 13.8. The number of nitrogens with one attached hydrogen (secondary N) is 1. The highest BCUT2D eigenvalue weighted by molar-refractivity contribution is 14.1. The Bertz CT molecular complexity index is 719. The summed E-state index contributed by atoms with van der Waals surface area (Å²) in [5.41, 5.74) is 0.409. The molecule has 7 heteroatoms. The maximum Gasteiger partial charge on any atom is 0.263 e. The lowest BCUT2D eigenvalue weighted by molar-refractivity contribution is 0.601. The zero-order valence-corrected chi connectivity index (χ0v) is 12.5. The fourth-order valence-corrected chi connectivity index (χ4v) is 2.67. The molecule has 1 N–H and O–H groups in total. The number of pyridine rings is 1. The molecule has 0 saturated heterocycles. The van der Waals surface area contributed by atoms with Gasteiger partial charge in [0.2, 0.25) is 0 Å². The maximum absolute atomic E-state index is 12.1. The quantitative estimate of drug-likeness (QED) is 0.823. The van der Waals surface area contributed by atoms with Gasteiger partial charge in [0, 0.05) is 9.77 Å². The van der Waals surface area contributed by atoms with Crippen LogP contribution in [0.5, 0.6) is 0 Å². The van der Waals surface area contributed by atoms with Crippen molar-refractivity contribution in [1.29, 1.82) is 5.26 Å². The number of halogens is 1. The molecular formula is C12H8IN3O2S. The molecule has 0 radical (unpaired) electrons. The fraction of sp³-hybridized carbons (Fsp3) is 0. The van der Waals surface area contributed by atoms with Crippen molar-refractivity contribution >= 4 is 38.4 Å². The van der Waals surface area contributed by atoms with E-state index < -0.39 is 10.0 Å². The molecule has 2 rings (SSSR count). The van der Waals surface area contributed by atoms with E-state index in [1.165, 1.54) is 24.3 Å². The van der Waals surface area contributed by atoms with Crippen molar-refractivity contribution < 1.29 is 8.42 Å². The molecule has 0 amide bonds. The summed E-state index contributed by atoms with van der Waals surface area (Å²) < 4.78 is 27.4. The Balaban J connectivity index is 2.27. The SMILES string of the molecule is N#Cc1ccc(S(=O)(=O)Nc2ccc(I)cn2)cc1. The third-order valence-electron chi connectivity index (χ3n) is 2.26. The maximum atomic E-state index is 12.1. The molecule has 2 aromatic rings. The minimum Gasteiger partial charge on any atom is -0.263 e. The van der Waals surface area contributed by atoms with Gasteiger partial charge in [-0.05, 0) is 59.0 Å². The number of rotatable bonds is 3. The van der Waals surface area contributed by atoms with Crippen LogP contribution >= 0.6 is 22.6 Å². The van der Waals surface area contributed by atoms with Crippen LogP contribution in [-0.4, -0.2) is 13.4 Å². The predicted molar refractivity (Wildman–Crippen MR) is 78.9 cm³/mol. The standard InChI is InChI=1S/C12H8IN3O2S/c13-10-3-6-12(15-8-10)16-19(17,18)11-4-1-9(7-14)2-5-11/h1-6,8H,(H,15,16). The second-order valence-corrected chi connectivity index (χ2v) is 6.53. The Morgan fingerprint density at radius 1 is 1.16 bits per heavy atom. The number of hydrogen-bond acceptors (Lipinski definition) is 4. The number of aromatic nitrogens is 1. The number of anilines is 1. The molecule has 0 bridgehead atoms. The second-order valence-electron chi connectivity index (χ2n) is 3.60. The van der Waals surface area contributed by atoms with Gasteiger partial charge in [0.1, 0.15) is 5.82 Å². The number of benzene rings is 1. The first-order chi connectivity index (χ1) is 9.01. The molecule has 0 fully saturated rings. The van der Waals surface area contributed by atoms with Crippen LogP contribution in [0.3, 0.4) is 0 Å². The molecule has 0 spiro atoms. The molecule has 0 aliphatic heterocycles. The van der Waals surface area contributed by atoms with Crippen molar-refractivity contribution in [1.82, 2.24) is 4.98 Å². The average molecular weight is 385 g/mol. The van der Waals surface area contributed by atoms with Gasteiger partial charge in [-0.3, -0.25) is 4.72 Å². The lowest BCUT2D eigenvalue weighted by atomic mass is 10.2. The van der Waals surface area contributed by atoms with E-state index >= 15 is 0 Å². The Labute approximate surface area is 124 Å². The van der Waals surface area contributed by atoms with Crippen molar-refractivity contribution in [3.63, 3.8) is 0 Å². The van der Waals surface area contributed by atoms with Crippen molar-refractivity contribution in [3.8, 4) is 6.07 Å². The van der Waals surface area contributed by atoms with Crippen LogP contribution in [0.1, 0.15) is 5.56 Å². The van der Waals surface area contributed by atoms with E-state index in [-0.39, 0.29) is 10.7 Å². The molecule has 96 valence electrons. The minimum atomic E-state index is -3.68. The molecule has 0 aliphatic carbocycles. The largest absolute Gasteiger partial charge is 0.263 e. The Morgan fingerprint density at radius 3 is 2.37 bits per heavy atom. The first-order valence-electron chi connectivity index (χ1n) is 5.16. The van der Waals surface area contributed by atoms with Gasteiger partial charge in [0.05, 0.1) is 16.5 Å². The Morgan fingerprint density at radius 2 is 1.84 bits per heavy atom. The molecule has 19 heavy (non-hydrogen) atoms. The topological polar surface area (TPSA) is 82.8 Å². The third kappa shape index (κ3) is 3.42. The van der Waals surface area contributed by atoms with Gasteiger partial charge < -0.3 is 0 Å². The van der Waals surface area contributed by atoms with E-state index in [4.69, 9.17) is 5.26 Å². The highest BCUT2D eigenvalue weighted by atomic mass is 127. The van der Waals surface area contributed by atoms with Gasteiger partial charge in [-0.15, -0.1) is 0 Å². The van der Waals surface area contributed by atoms with E-state index in [0.717, 1.165) is 3.57 Å². The third-order valence-corrected chi connectivity index (χ3v) is 4.27. The van der Waals surface area contributed by atoms with E-state index in [1.807, 2.05) is 6.07 Å². The summed E-state index contributed by atoms with van der Waals surface area (Å²) in [6, 6.07) is 10.9. The summed E-state index contributed by atoms with van der Waals surface area (Å²) in [7, 11) is -3.68. The van der Waals surface area contributed by atoms with E-state index in [9.17, 15) is 8.42 Å². The summed E-state index contributed by atoms with van der Waals surface area (Å²) in [5.74, 6) is 0.254. The number of sulfonamides is 1. The summed E-state index contributed by atoms with van der Waals surface area (Å²) in [5, 5.41) is 8.67. The highest BCUT2D eigenvalue weighted by Crippen LogP contribution is 2.15. The van der Waals surface area contributed by atoms with Crippen LogP contribution in [0.25, 0.3) is 0 Å². The lowest BCUT2D eigenvalue weighted by Crippen LogP contribution is -2.13. The average Bonchev–Trinajstić information content (AvgIpc) is 2.41. The lowest BCUT2D eigenvalue weighted by Gasteiger charge is -2.07. The minimum absolute atomic E-state index is 0.0897. The normalized spacial score (nSPS) is 10.7. The van der Waals surface area contributed by atoms with Crippen molar-refractivity contribution in [3.05, 3.63) is 51.7 Å². The first-order valence-corrected chi connectivity index (χ1v) is 7.72. The molecular weight excluding hydrogens is 377 g/mol. The Kier molecular flexibility index (Phi) is 4.01.